The molecule has 3 N–H and O–H groups in total. The molecule has 0 aromatic rings. The minimum absolute atomic E-state index is 0.00195. The van der Waals surface area contributed by atoms with E-state index in [-0.39, 0.29) is 11.8 Å². The highest BCUT2D eigenvalue weighted by Crippen LogP contribution is 2.06. The van der Waals surface area contributed by atoms with Crippen LogP contribution in [0.4, 0.5) is 0 Å². The van der Waals surface area contributed by atoms with Crippen LogP contribution in [-0.2, 0) is 9.63 Å². The van der Waals surface area contributed by atoms with E-state index in [0.717, 1.165) is 6.42 Å². The van der Waals surface area contributed by atoms with Gasteiger partial charge in [0, 0.05) is 5.92 Å². The van der Waals surface area contributed by atoms with E-state index in [1.54, 1.807) is 0 Å². The van der Waals surface area contributed by atoms with Crippen molar-refractivity contribution in [2.24, 2.45) is 17.7 Å². The van der Waals surface area contributed by atoms with E-state index in [9.17, 15) is 4.79 Å². The molecule has 0 aliphatic rings. The van der Waals surface area contributed by atoms with Gasteiger partial charge < -0.3 is 10.2 Å². The predicted octanol–water partition coefficient (Wildman–Crippen LogP) is 1.58. The minimum Gasteiger partial charge on any atom is -0.414 e. The zero-order valence-corrected chi connectivity index (χ0v) is 10.0. The average Bonchev–Trinajstić information content (AvgIpc) is 2.22. The van der Waals surface area contributed by atoms with Gasteiger partial charge in [-0.15, -0.1) is 0 Å². The largest absolute Gasteiger partial charge is 0.414 e. The van der Waals surface area contributed by atoms with Gasteiger partial charge in [0.1, 0.15) is 5.76 Å². The van der Waals surface area contributed by atoms with Gasteiger partial charge in [0.2, 0.25) is 5.91 Å². The Kier molecular flexibility index (Phi) is 6.79. The van der Waals surface area contributed by atoms with Gasteiger partial charge in [-0.25, -0.2) is 0 Å². The second kappa shape index (κ2) is 7.29. The van der Waals surface area contributed by atoms with Gasteiger partial charge in [-0.05, 0) is 18.4 Å². The van der Waals surface area contributed by atoms with E-state index in [4.69, 9.17) is 10.7 Å². The molecular weight excluding hydrogens is 192 g/mol. The summed E-state index contributed by atoms with van der Waals surface area (Å²) in [6.45, 7) is 8.20. The molecule has 0 fully saturated rings. The molecule has 4 heteroatoms. The maximum Gasteiger partial charge on any atom is 0.222 e. The van der Waals surface area contributed by atoms with E-state index in [1.165, 1.54) is 0 Å². The van der Waals surface area contributed by atoms with E-state index in [1.807, 2.05) is 19.9 Å². The van der Waals surface area contributed by atoms with E-state index in [2.05, 4.69) is 19.2 Å². The maximum absolute atomic E-state index is 11.3. The van der Waals surface area contributed by atoms with Crippen LogP contribution in [0, 0.1) is 11.8 Å². The second-order valence-electron chi connectivity index (χ2n) is 4.01. The summed E-state index contributed by atoms with van der Waals surface area (Å²) in [5, 5.41) is 2.75. The number of hydrogen-bond acceptors (Lipinski definition) is 3. The molecule has 0 bridgehead atoms. The molecule has 15 heavy (non-hydrogen) atoms. The Hall–Kier alpha value is -1.03. The number of amides is 1. The fourth-order valence-electron chi connectivity index (χ4n) is 0.953. The molecule has 1 atom stereocenters. The maximum atomic E-state index is 11.3. The van der Waals surface area contributed by atoms with Crippen LogP contribution in [-0.4, -0.2) is 12.5 Å². The highest BCUT2D eigenvalue weighted by Gasteiger charge is 2.08. The lowest BCUT2D eigenvalue weighted by atomic mass is 10.1. The third kappa shape index (κ3) is 6.12. The summed E-state index contributed by atoms with van der Waals surface area (Å²) in [7, 11) is 0. The summed E-state index contributed by atoms with van der Waals surface area (Å²) in [5.74, 6) is 6.11. The second-order valence-corrected chi connectivity index (χ2v) is 4.01. The van der Waals surface area contributed by atoms with Crippen LogP contribution in [0.5, 0.6) is 0 Å². The lowest BCUT2D eigenvalue weighted by Gasteiger charge is -2.11. The van der Waals surface area contributed by atoms with Crippen LogP contribution >= 0.6 is 0 Å². The number of carbonyl (C=O) groups is 1. The third-order valence-corrected chi connectivity index (χ3v) is 2.23. The first-order valence-corrected chi connectivity index (χ1v) is 5.36. The monoisotopic (exact) mass is 214 g/mol. The molecule has 0 saturated carbocycles. The van der Waals surface area contributed by atoms with Crippen LogP contribution < -0.4 is 11.2 Å². The Labute approximate surface area is 91.8 Å². The Bertz CT molecular complexity index is 225. The molecule has 4 nitrogen and oxygen atoms in total. The Morgan fingerprint density at radius 2 is 2.07 bits per heavy atom. The first-order valence-electron chi connectivity index (χ1n) is 5.36. The Morgan fingerprint density at radius 1 is 1.47 bits per heavy atom. The fraction of sp³-hybridized carbons (Fsp3) is 0.727. The SMILES string of the molecule is CCC(C)/C=C(/CNC(=O)C(C)C)ON. The van der Waals surface area contributed by atoms with Gasteiger partial charge >= 0.3 is 0 Å². The summed E-state index contributed by atoms with van der Waals surface area (Å²) in [4.78, 5) is 16.0. The van der Waals surface area contributed by atoms with Crippen LogP contribution in [0.25, 0.3) is 0 Å². The standard InChI is InChI=1S/C11H22N2O2/c1-5-9(4)6-10(15-12)7-13-11(14)8(2)3/h6,8-9H,5,7,12H2,1-4H3,(H,13,14)/b10-6-. The van der Waals surface area contributed by atoms with Crippen LogP contribution in [0.15, 0.2) is 11.8 Å². The number of allylic oxidation sites excluding steroid dienone is 1. The molecule has 0 spiro atoms. The van der Waals surface area contributed by atoms with Crippen LogP contribution in [0.1, 0.15) is 34.1 Å². The zero-order valence-electron chi connectivity index (χ0n) is 10.0. The average molecular weight is 214 g/mol. The minimum atomic E-state index is -0.0207. The van der Waals surface area contributed by atoms with Gasteiger partial charge in [0.05, 0.1) is 6.54 Å². The Balaban J connectivity index is 4.11. The molecule has 0 aromatic heterocycles. The van der Waals surface area contributed by atoms with Crippen molar-refractivity contribution in [3.05, 3.63) is 11.8 Å². The first-order chi connectivity index (χ1) is 7.01. The van der Waals surface area contributed by atoms with Crippen molar-refractivity contribution in [1.29, 1.82) is 0 Å². The number of nitrogens with one attached hydrogen (secondary N) is 1. The number of hydrogen-bond donors (Lipinski definition) is 2. The van der Waals surface area contributed by atoms with Gasteiger partial charge in [0.15, 0.2) is 0 Å². The molecule has 0 heterocycles. The van der Waals surface area contributed by atoms with E-state index >= 15 is 0 Å². The molecule has 0 saturated heterocycles. The molecule has 1 unspecified atom stereocenters. The van der Waals surface area contributed by atoms with Crippen LogP contribution in [0.2, 0.25) is 0 Å². The molecule has 1 amide bonds. The summed E-state index contributed by atoms with van der Waals surface area (Å²) in [6.07, 6.45) is 2.95. The third-order valence-electron chi connectivity index (χ3n) is 2.23. The summed E-state index contributed by atoms with van der Waals surface area (Å²) in [6, 6.07) is 0. The van der Waals surface area contributed by atoms with Crippen molar-refractivity contribution >= 4 is 5.91 Å². The van der Waals surface area contributed by atoms with Gasteiger partial charge in [-0.2, -0.15) is 5.90 Å². The van der Waals surface area contributed by atoms with Crippen molar-refractivity contribution in [2.75, 3.05) is 6.54 Å². The molecule has 0 aliphatic carbocycles. The fourth-order valence-corrected chi connectivity index (χ4v) is 0.953. The van der Waals surface area contributed by atoms with E-state index < -0.39 is 0 Å². The van der Waals surface area contributed by atoms with Crippen molar-refractivity contribution < 1.29 is 9.63 Å². The van der Waals surface area contributed by atoms with Crippen molar-refractivity contribution in [3.8, 4) is 0 Å². The molecule has 0 aliphatic heterocycles. The van der Waals surface area contributed by atoms with Gasteiger partial charge in [-0.3, -0.25) is 4.79 Å². The lowest BCUT2D eigenvalue weighted by molar-refractivity contribution is -0.123. The zero-order chi connectivity index (χ0) is 11.8. The number of carbonyl (C=O) groups excluding carboxylic acids is 1. The first kappa shape index (κ1) is 14.0. The van der Waals surface area contributed by atoms with E-state index in [0.29, 0.717) is 18.2 Å². The smallest absolute Gasteiger partial charge is 0.222 e. The highest BCUT2D eigenvalue weighted by atomic mass is 16.6. The molecule has 0 radical (unpaired) electrons. The summed E-state index contributed by atoms with van der Waals surface area (Å²) < 4.78 is 0. The highest BCUT2D eigenvalue weighted by molar-refractivity contribution is 5.77. The van der Waals surface area contributed by atoms with Crippen LogP contribution in [0.3, 0.4) is 0 Å². The van der Waals surface area contributed by atoms with Crippen molar-refractivity contribution in [3.63, 3.8) is 0 Å². The van der Waals surface area contributed by atoms with Gasteiger partial charge in [0.25, 0.3) is 0 Å². The van der Waals surface area contributed by atoms with Crippen molar-refractivity contribution in [2.45, 2.75) is 34.1 Å². The lowest BCUT2D eigenvalue weighted by Crippen LogP contribution is -2.30. The topological polar surface area (TPSA) is 64.3 Å². The molecular formula is C11H22N2O2. The predicted molar refractivity (Wildman–Crippen MR) is 60.7 cm³/mol. The quantitative estimate of drug-likeness (QED) is 0.521. The number of nitrogens with two attached hydrogens (primary N) is 1. The molecule has 88 valence electrons. The summed E-state index contributed by atoms with van der Waals surface area (Å²) in [5.41, 5.74) is 0. The Morgan fingerprint density at radius 3 is 2.47 bits per heavy atom. The summed E-state index contributed by atoms with van der Waals surface area (Å²) >= 11 is 0. The molecule has 0 aromatic carbocycles. The van der Waals surface area contributed by atoms with Crippen molar-refractivity contribution in [1.82, 2.24) is 5.32 Å². The number of rotatable bonds is 6. The normalized spacial score (nSPS) is 13.9. The van der Waals surface area contributed by atoms with Gasteiger partial charge in [-0.1, -0.05) is 27.7 Å². The molecule has 0 rings (SSSR count).